The Hall–Kier alpha value is -2.50. The molecule has 0 fully saturated rings. The molecule has 0 aliphatic rings. The van der Waals surface area contributed by atoms with Crippen LogP contribution in [0, 0.1) is 6.92 Å². The fraction of sp³-hybridized carbons (Fsp3) is 0.231. The molecule has 6 nitrogen and oxygen atoms in total. The Morgan fingerprint density at radius 1 is 1.37 bits per heavy atom. The summed E-state index contributed by atoms with van der Waals surface area (Å²) in [6.07, 6.45) is 0. The van der Waals surface area contributed by atoms with E-state index in [-0.39, 0.29) is 12.5 Å². The number of benzene rings is 1. The summed E-state index contributed by atoms with van der Waals surface area (Å²) in [7, 11) is 1.55. The first-order valence-corrected chi connectivity index (χ1v) is 5.76. The van der Waals surface area contributed by atoms with Gasteiger partial charge in [-0.05, 0) is 19.1 Å². The predicted octanol–water partition coefficient (Wildman–Crippen LogP) is 1.74. The summed E-state index contributed by atoms with van der Waals surface area (Å²) in [5.74, 6) is 1.31. The molecule has 0 aliphatic heterocycles. The first-order chi connectivity index (χ1) is 9.19. The standard InChI is InChI=1S/C13H15N3O3/c1-9-7-12(16-15-9)14-13(17)8-19-11-6-4-3-5-10(11)18-2/h3-7H,8H2,1-2H3,(H2,14,15,16,17). The van der Waals surface area contributed by atoms with Crippen LogP contribution in [0.3, 0.4) is 0 Å². The van der Waals surface area contributed by atoms with Crippen LogP contribution < -0.4 is 14.8 Å². The van der Waals surface area contributed by atoms with Crippen LogP contribution in [0.2, 0.25) is 0 Å². The summed E-state index contributed by atoms with van der Waals surface area (Å²) in [5, 5.41) is 9.27. The average Bonchev–Trinajstić information content (AvgIpc) is 2.82. The second-order valence-electron chi connectivity index (χ2n) is 3.92. The zero-order chi connectivity index (χ0) is 13.7. The van der Waals surface area contributed by atoms with Gasteiger partial charge in [0.25, 0.3) is 5.91 Å². The lowest BCUT2D eigenvalue weighted by Crippen LogP contribution is -2.20. The maximum absolute atomic E-state index is 11.7. The number of para-hydroxylation sites is 2. The van der Waals surface area contributed by atoms with Crippen LogP contribution in [0.15, 0.2) is 30.3 Å². The van der Waals surface area contributed by atoms with Crippen LogP contribution >= 0.6 is 0 Å². The van der Waals surface area contributed by atoms with Crippen molar-refractivity contribution >= 4 is 11.7 Å². The quantitative estimate of drug-likeness (QED) is 0.859. The van der Waals surface area contributed by atoms with Gasteiger partial charge in [-0.2, -0.15) is 5.10 Å². The second kappa shape index (κ2) is 5.90. The van der Waals surface area contributed by atoms with E-state index in [0.717, 1.165) is 5.69 Å². The lowest BCUT2D eigenvalue weighted by molar-refractivity contribution is -0.118. The van der Waals surface area contributed by atoms with E-state index in [2.05, 4.69) is 15.5 Å². The Labute approximate surface area is 110 Å². The highest BCUT2D eigenvalue weighted by molar-refractivity contribution is 5.91. The van der Waals surface area contributed by atoms with Crippen molar-refractivity contribution in [3.8, 4) is 11.5 Å². The molecule has 0 spiro atoms. The van der Waals surface area contributed by atoms with Crippen LogP contribution in [-0.4, -0.2) is 29.8 Å². The number of nitrogens with zero attached hydrogens (tertiary/aromatic N) is 1. The molecule has 1 aromatic heterocycles. The maximum Gasteiger partial charge on any atom is 0.263 e. The summed E-state index contributed by atoms with van der Waals surface area (Å²) >= 11 is 0. The third kappa shape index (κ3) is 3.48. The molecule has 100 valence electrons. The minimum absolute atomic E-state index is 0.105. The third-order valence-corrected chi connectivity index (χ3v) is 2.40. The van der Waals surface area contributed by atoms with Crippen LogP contribution in [0.25, 0.3) is 0 Å². The predicted molar refractivity (Wildman–Crippen MR) is 70.4 cm³/mol. The smallest absolute Gasteiger partial charge is 0.263 e. The van der Waals surface area contributed by atoms with Gasteiger partial charge >= 0.3 is 0 Å². The van der Waals surface area contributed by atoms with Crippen LogP contribution in [0.5, 0.6) is 11.5 Å². The van der Waals surface area contributed by atoms with Gasteiger partial charge < -0.3 is 14.8 Å². The monoisotopic (exact) mass is 261 g/mol. The van der Waals surface area contributed by atoms with Crippen LogP contribution in [0.1, 0.15) is 5.69 Å². The first-order valence-electron chi connectivity index (χ1n) is 5.76. The Bertz CT molecular complexity index is 566. The SMILES string of the molecule is COc1ccccc1OCC(=O)Nc1cc(C)[nH]n1. The normalized spacial score (nSPS) is 10.0. The molecule has 0 saturated carbocycles. The Morgan fingerprint density at radius 3 is 2.74 bits per heavy atom. The van der Waals surface area contributed by atoms with E-state index < -0.39 is 0 Å². The molecule has 0 aliphatic carbocycles. The molecule has 19 heavy (non-hydrogen) atoms. The van der Waals surface area contributed by atoms with Gasteiger partial charge in [-0.1, -0.05) is 12.1 Å². The number of aryl methyl sites for hydroxylation is 1. The molecule has 1 amide bonds. The molecule has 0 unspecified atom stereocenters. The van der Waals surface area contributed by atoms with Crippen LogP contribution in [-0.2, 0) is 4.79 Å². The molecule has 2 aromatic rings. The highest BCUT2D eigenvalue weighted by Gasteiger charge is 2.08. The van der Waals surface area contributed by atoms with Crippen molar-refractivity contribution in [1.82, 2.24) is 10.2 Å². The zero-order valence-electron chi connectivity index (χ0n) is 10.8. The van der Waals surface area contributed by atoms with Crippen molar-refractivity contribution < 1.29 is 14.3 Å². The van der Waals surface area contributed by atoms with E-state index in [1.165, 1.54) is 0 Å². The third-order valence-electron chi connectivity index (χ3n) is 2.40. The molecule has 1 heterocycles. The molecule has 0 radical (unpaired) electrons. The Kier molecular flexibility index (Phi) is 4.02. The minimum Gasteiger partial charge on any atom is -0.493 e. The fourth-order valence-electron chi connectivity index (χ4n) is 1.54. The van der Waals surface area contributed by atoms with E-state index >= 15 is 0 Å². The fourth-order valence-corrected chi connectivity index (χ4v) is 1.54. The van der Waals surface area contributed by atoms with Gasteiger partial charge in [-0.3, -0.25) is 9.89 Å². The summed E-state index contributed by atoms with van der Waals surface area (Å²) in [5.41, 5.74) is 0.876. The molecule has 0 bridgehead atoms. The lowest BCUT2D eigenvalue weighted by Gasteiger charge is -2.09. The molecule has 6 heteroatoms. The number of methoxy groups -OCH3 is 1. The van der Waals surface area contributed by atoms with Crippen molar-refractivity contribution in [2.24, 2.45) is 0 Å². The lowest BCUT2D eigenvalue weighted by atomic mass is 10.3. The number of nitrogens with one attached hydrogen (secondary N) is 2. The van der Waals surface area contributed by atoms with E-state index in [1.807, 2.05) is 19.1 Å². The molecular weight excluding hydrogens is 246 g/mol. The van der Waals surface area contributed by atoms with Gasteiger partial charge in [-0.15, -0.1) is 0 Å². The number of H-pyrrole nitrogens is 1. The topological polar surface area (TPSA) is 76.2 Å². The maximum atomic E-state index is 11.7. The van der Waals surface area contributed by atoms with Crippen molar-refractivity contribution in [3.05, 3.63) is 36.0 Å². The number of anilines is 1. The van der Waals surface area contributed by atoms with Gasteiger partial charge in [0.2, 0.25) is 0 Å². The van der Waals surface area contributed by atoms with E-state index in [4.69, 9.17) is 9.47 Å². The first kappa shape index (κ1) is 12.9. The van der Waals surface area contributed by atoms with Gasteiger partial charge in [0.05, 0.1) is 7.11 Å². The molecule has 2 N–H and O–H groups in total. The number of carbonyl (C=O) groups excluding carboxylic acids is 1. The highest BCUT2D eigenvalue weighted by Crippen LogP contribution is 2.25. The van der Waals surface area contributed by atoms with Gasteiger partial charge in [0.15, 0.2) is 23.9 Å². The molecular formula is C13H15N3O3. The molecule has 0 atom stereocenters. The summed E-state index contributed by atoms with van der Waals surface area (Å²) in [6.45, 7) is 1.75. The Morgan fingerprint density at radius 2 is 2.11 bits per heavy atom. The minimum atomic E-state index is -0.280. The number of amides is 1. The summed E-state index contributed by atoms with van der Waals surface area (Å²) in [4.78, 5) is 11.7. The molecule has 0 saturated heterocycles. The van der Waals surface area contributed by atoms with Crippen molar-refractivity contribution in [2.75, 3.05) is 19.0 Å². The molecule has 1 aromatic carbocycles. The second-order valence-corrected chi connectivity index (χ2v) is 3.92. The number of carbonyl (C=O) groups is 1. The highest BCUT2D eigenvalue weighted by atomic mass is 16.5. The number of rotatable bonds is 5. The van der Waals surface area contributed by atoms with E-state index in [1.54, 1.807) is 25.3 Å². The number of aromatic nitrogens is 2. The van der Waals surface area contributed by atoms with Crippen molar-refractivity contribution in [1.29, 1.82) is 0 Å². The zero-order valence-corrected chi connectivity index (χ0v) is 10.8. The van der Waals surface area contributed by atoms with Crippen molar-refractivity contribution in [3.63, 3.8) is 0 Å². The average molecular weight is 261 g/mol. The summed E-state index contributed by atoms with van der Waals surface area (Å²) < 4.78 is 10.5. The van der Waals surface area contributed by atoms with E-state index in [9.17, 15) is 4.79 Å². The number of hydrogen-bond donors (Lipinski definition) is 2. The summed E-state index contributed by atoms with van der Waals surface area (Å²) in [6, 6.07) is 8.89. The van der Waals surface area contributed by atoms with E-state index in [0.29, 0.717) is 17.3 Å². The van der Waals surface area contributed by atoms with Gasteiger partial charge in [0, 0.05) is 11.8 Å². The van der Waals surface area contributed by atoms with Crippen molar-refractivity contribution in [2.45, 2.75) is 6.92 Å². The van der Waals surface area contributed by atoms with Gasteiger partial charge in [0.1, 0.15) is 0 Å². The number of hydrogen-bond acceptors (Lipinski definition) is 4. The largest absolute Gasteiger partial charge is 0.493 e. The Balaban J connectivity index is 1.89. The van der Waals surface area contributed by atoms with Crippen LogP contribution in [0.4, 0.5) is 5.82 Å². The van der Waals surface area contributed by atoms with Gasteiger partial charge in [-0.25, -0.2) is 0 Å². The molecule has 2 rings (SSSR count). The number of ether oxygens (including phenoxy) is 2. The number of aromatic amines is 1.